The van der Waals surface area contributed by atoms with E-state index in [2.05, 4.69) is 20.8 Å². The summed E-state index contributed by atoms with van der Waals surface area (Å²) in [5.41, 5.74) is 2.84. The predicted octanol–water partition coefficient (Wildman–Crippen LogP) is 4.05. The number of likely N-dealkylation sites (N-methyl/N-ethyl adjacent to an activating group) is 1. The van der Waals surface area contributed by atoms with Gasteiger partial charge in [-0.25, -0.2) is 4.39 Å². The van der Waals surface area contributed by atoms with Gasteiger partial charge in [-0.3, -0.25) is 0 Å². The maximum Gasteiger partial charge on any atom is 0.162 e. The molecule has 2 aromatic rings. The van der Waals surface area contributed by atoms with Crippen molar-refractivity contribution in [3.05, 3.63) is 52.3 Å². The Kier molecular flexibility index (Phi) is 3.56. The Bertz CT molecular complexity index is 739. The van der Waals surface area contributed by atoms with E-state index in [4.69, 9.17) is 5.26 Å². The largest absolute Gasteiger partial charge is 0.371 e. The van der Waals surface area contributed by atoms with Gasteiger partial charge < -0.3 is 9.80 Å². The average molecular weight is 346 g/mol. The molecule has 1 heterocycles. The van der Waals surface area contributed by atoms with Crippen molar-refractivity contribution in [2.24, 2.45) is 0 Å². The molecule has 0 radical (unpaired) electrons. The molecule has 0 bridgehead atoms. The van der Waals surface area contributed by atoms with Crippen LogP contribution in [-0.2, 0) is 0 Å². The normalized spacial score (nSPS) is 13.8. The van der Waals surface area contributed by atoms with Gasteiger partial charge in [0.05, 0.1) is 27.1 Å². The van der Waals surface area contributed by atoms with Crippen molar-refractivity contribution in [3.63, 3.8) is 0 Å². The van der Waals surface area contributed by atoms with Gasteiger partial charge in [-0.2, -0.15) is 5.26 Å². The van der Waals surface area contributed by atoms with Crippen LogP contribution in [0.5, 0.6) is 0 Å². The second-order valence-electron chi connectivity index (χ2n) is 4.93. The van der Waals surface area contributed by atoms with E-state index in [9.17, 15) is 4.39 Å². The molecule has 5 heteroatoms. The molecule has 1 aliphatic heterocycles. The lowest BCUT2D eigenvalue weighted by molar-refractivity contribution is 0.616. The van der Waals surface area contributed by atoms with Gasteiger partial charge in [0, 0.05) is 20.1 Å². The van der Waals surface area contributed by atoms with Crippen LogP contribution in [0, 0.1) is 17.1 Å². The van der Waals surface area contributed by atoms with E-state index in [1.54, 1.807) is 12.1 Å². The number of halogens is 2. The summed E-state index contributed by atoms with van der Waals surface area (Å²) in [5, 5.41) is 8.97. The molecule has 0 fully saturated rings. The molecule has 3 nitrogen and oxygen atoms in total. The Morgan fingerprint density at radius 2 is 1.81 bits per heavy atom. The first-order valence-electron chi connectivity index (χ1n) is 6.59. The number of hydrogen-bond acceptors (Lipinski definition) is 3. The van der Waals surface area contributed by atoms with Crippen molar-refractivity contribution in [1.82, 2.24) is 0 Å². The average Bonchev–Trinajstić information content (AvgIpc) is 2.51. The molecular formula is C16H13BrFN3. The molecule has 0 unspecified atom stereocenters. The van der Waals surface area contributed by atoms with Gasteiger partial charge in [0.2, 0.25) is 0 Å². The van der Waals surface area contributed by atoms with Crippen LogP contribution in [0.25, 0.3) is 0 Å². The summed E-state index contributed by atoms with van der Waals surface area (Å²) in [6.45, 7) is 1.51. The predicted molar refractivity (Wildman–Crippen MR) is 85.5 cm³/mol. The second-order valence-corrected chi connectivity index (χ2v) is 5.73. The topological polar surface area (TPSA) is 30.3 Å². The fourth-order valence-corrected chi connectivity index (χ4v) is 3.01. The number of hydrogen-bond donors (Lipinski definition) is 0. The fourth-order valence-electron chi connectivity index (χ4n) is 2.59. The Morgan fingerprint density at radius 1 is 1.10 bits per heavy atom. The third-order valence-corrected chi connectivity index (χ3v) is 4.49. The zero-order chi connectivity index (χ0) is 15.0. The fraction of sp³-hybridized carbons (Fsp3) is 0.188. The van der Waals surface area contributed by atoms with Crippen LogP contribution in [0.4, 0.5) is 21.5 Å². The highest BCUT2D eigenvalue weighted by Gasteiger charge is 2.24. The summed E-state index contributed by atoms with van der Waals surface area (Å²) >= 11 is 3.18. The van der Waals surface area contributed by atoms with Crippen molar-refractivity contribution in [2.45, 2.75) is 0 Å². The monoisotopic (exact) mass is 345 g/mol. The lowest BCUT2D eigenvalue weighted by Crippen LogP contribution is -2.36. The minimum Gasteiger partial charge on any atom is -0.371 e. The van der Waals surface area contributed by atoms with E-state index in [-0.39, 0.29) is 4.47 Å². The second kappa shape index (κ2) is 5.38. The van der Waals surface area contributed by atoms with E-state index in [0.29, 0.717) is 17.8 Å². The SMILES string of the molecule is CN1CCN(c2ccc(C#N)c(Br)c2F)c2ccccc21. The van der Waals surface area contributed by atoms with Crippen LogP contribution in [0.2, 0.25) is 0 Å². The number of fused-ring (bicyclic) bond motifs is 1. The summed E-state index contributed by atoms with van der Waals surface area (Å²) in [4.78, 5) is 4.11. The van der Waals surface area contributed by atoms with Gasteiger partial charge in [-0.15, -0.1) is 0 Å². The van der Waals surface area contributed by atoms with Crippen LogP contribution in [0.1, 0.15) is 5.56 Å². The van der Waals surface area contributed by atoms with E-state index >= 15 is 0 Å². The highest BCUT2D eigenvalue weighted by atomic mass is 79.9. The van der Waals surface area contributed by atoms with Gasteiger partial charge in [0.1, 0.15) is 6.07 Å². The lowest BCUT2D eigenvalue weighted by Gasteiger charge is -2.37. The molecule has 0 N–H and O–H groups in total. The Balaban J connectivity index is 2.13. The van der Waals surface area contributed by atoms with Crippen LogP contribution in [0.3, 0.4) is 0 Å². The van der Waals surface area contributed by atoms with Crippen molar-refractivity contribution < 1.29 is 4.39 Å². The summed E-state index contributed by atoms with van der Waals surface area (Å²) in [7, 11) is 2.03. The molecule has 3 rings (SSSR count). The minimum absolute atomic E-state index is 0.221. The third-order valence-electron chi connectivity index (χ3n) is 3.72. The van der Waals surface area contributed by atoms with Gasteiger partial charge in [-0.05, 0) is 40.2 Å². The first-order valence-corrected chi connectivity index (χ1v) is 7.38. The molecule has 0 amide bonds. The summed E-state index contributed by atoms with van der Waals surface area (Å²) < 4.78 is 14.8. The molecule has 0 aliphatic carbocycles. The van der Waals surface area contributed by atoms with E-state index in [1.165, 1.54) is 0 Å². The first kappa shape index (κ1) is 13.9. The number of rotatable bonds is 1. The van der Waals surface area contributed by atoms with Crippen LogP contribution < -0.4 is 9.80 Å². The maximum atomic E-state index is 14.6. The molecular weight excluding hydrogens is 333 g/mol. The smallest absolute Gasteiger partial charge is 0.162 e. The molecule has 0 aromatic heterocycles. The van der Waals surface area contributed by atoms with Crippen molar-refractivity contribution >= 4 is 33.0 Å². The van der Waals surface area contributed by atoms with Crippen LogP contribution >= 0.6 is 15.9 Å². The molecule has 0 atom stereocenters. The van der Waals surface area contributed by atoms with Crippen molar-refractivity contribution in [2.75, 3.05) is 29.9 Å². The Morgan fingerprint density at radius 3 is 2.52 bits per heavy atom. The number of nitriles is 1. The number of benzene rings is 2. The molecule has 0 saturated heterocycles. The molecule has 0 saturated carbocycles. The summed E-state index contributed by atoms with van der Waals surface area (Å²) in [6.07, 6.45) is 0. The zero-order valence-corrected chi connectivity index (χ0v) is 13.1. The van der Waals surface area contributed by atoms with Crippen molar-refractivity contribution in [3.8, 4) is 6.07 Å². The molecule has 1 aliphatic rings. The van der Waals surface area contributed by atoms with E-state index in [0.717, 1.165) is 17.9 Å². The summed E-state index contributed by atoms with van der Waals surface area (Å²) in [5.74, 6) is -0.395. The minimum atomic E-state index is -0.395. The molecule has 0 spiro atoms. The highest BCUT2D eigenvalue weighted by Crippen LogP contribution is 2.39. The van der Waals surface area contributed by atoms with Crippen LogP contribution in [0.15, 0.2) is 40.9 Å². The summed E-state index contributed by atoms with van der Waals surface area (Å²) in [6, 6.07) is 13.2. The number of anilines is 3. The standard InChI is InChI=1S/C16H13BrFN3/c1-20-8-9-21(13-5-3-2-4-12(13)20)14-7-6-11(10-19)15(17)16(14)18/h2-7H,8-9H2,1H3. The quantitative estimate of drug-likeness (QED) is 0.781. The Hall–Kier alpha value is -2.06. The maximum absolute atomic E-state index is 14.6. The highest BCUT2D eigenvalue weighted by molar-refractivity contribution is 9.10. The van der Waals surface area contributed by atoms with Crippen molar-refractivity contribution in [1.29, 1.82) is 5.26 Å². The zero-order valence-electron chi connectivity index (χ0n) is 11.5. The number of nitrogens with zero attached hydrogens (tertiary/aromatic N) is 3. The number of para-hydroxylation sites is 2. The van der Waals surface area contributed by atoms with E-state index < -0.39 is 5.82 Å². The van der Waals surface area contributed by atoms with Gasteiger partial charge in [0.15, 0.2) is 5.82 Å². The molecule has 21 heavy (non-hydrogen) atoms. The lowest BCUT2D eigenvalue weighted by atomic mass is 10.1. The van der Waals surface area contributed by atoms with Gasteiger partial charge in [-0.1, -0.05) is 12.1 Å². The van der Waals surface area contributed by atoms with Gasteiger partial charge >= 0.3 is 0 Å². The first-order chi connectivity index (χ1) is 10.1. The molecule has 2 aromatic carbocycles. The van der Waals surface area contributed by atoms with E-state index in [1.807, 2.05) is 42.3 Å². The Labute approximate surface area is 131 Å². The van der Waals surface area contributed by atoms with Crippen LogP contribution in [-0.4, -0.2) is 20.1 Å². The van der Waals surface area contributed by atoms with Gasteiger partial charge in [0.25, 0.3) is 0 Å². The molecule has 106 valence electrons. The third kappa shape index (κ3) is 2.26.